The van der Waals surface area contributed by atoms with Gasteiger partial charge in [-0.15, -0.1) is 0 Å². The Labute approximate surface area is 268 Å². The highest BCUT2D eigenvalue weighted by Crippen LogP contribution is 2.34. The van der Waals surface area contributed by atoms with E-state index in [4.69, 9.17) is 9.97 Å². The van der Waals surface area contributed by atoms with Gasteiger partial charge in [0.25, 0.3) is 0 Å². The number of nitrogens with zero attached hydrogens (tertiary/aromatic N) is 2. The monoisotopic (exact) mass is 584 g/mol. The Bertz CT molecular complexity index is 1920. The number of rotatable bonds is 6. The molecule has 1 aliphatic carbocycles. The van der Waals surface area contributed by atoms with Crippen molar-refractivity contribution < 1.29 is 0 Å². The summed E-state index contributed by atoms with van der Waals surface area (Å²) in [5.74, 6) is 0.727. The fourth-order valence-corrected chi connectivity index (χ4v) is 5.96. The summed E-state index contributed by atoms with van der Waals surface area (Å²) >= 11 is 0. The molecule has 0 amide bonds. The maximum Gasteiger partial charge on any atom is 0.160 e. The van der Waals surface area contributed by atoms with Crippen molar-refractivity contribution >= 4 is 16.7 Å². The van der Waals surface area contributed by atoms with Crippen LogP contribution in [0, 0.1) is 0 Å². The standard InChI is InChI=1S/C43H40N2/c1-31(33-15-7-5-8-16-33)24-25-32(2)40-30-41(45-42(44-40)36-18-9-6-10-19-36)38-21-13-20-37(29-38)34-22-14-28-43(3,4)39-23-12-11-17-35(39)27-26-34/h5-26,29-30H,27-28H2,1-4H3/b22-14-,31-24+,32-25+,34-26+. The number of aromatic nitrogens is 2. The van der Waals surface area contributed by atoms with Crippen LogP contribution in [0.3, 0.4) is 0 Å². The van der Waals surface area contributed by atoms with E-state index in [1.807, 2.05) is 24.3 Å². The van der Waals surface area contributed by atoms with Gasteiger partial charge in [0.1, 0.15) is 0 Å². The fraction of sp³-hybridized carbons (Fsp3) is 0.163. The van der Waals surface area contributed by atoms with Gasteiger partial charge in [-0.25, -0.2) is 9.97 Å². The molecule has 0 bridgehead atoms. The van der Waals surface area contributed by atoms with Crippen LogP contribution in [0.4, 0.5) is 0 Å². The van der Waals surface area contributed by atoms with Crippen LogP contribution in [-0.2, 0) is 11.8 Å². The van der Waals surface area contributed by atoms with Crippen molar-refractivity contribution in [3.8, 4) is 22.6 Å². The van der Waals surface area contributed by atoms with Crippen LogP contribution < -0.4 is 0 Å². The number of hydrogen-bond acceptors (Lipinski definition) is 2. The molecule has 1 aromatic heterocycles. The van der Waals surface area contributed by atoms with Crippen molar-refractivity contribution in [2.75, 3.05) is 0 Å². The number of allylic oxidation sites excluding steroid dienone is 8. The number of fused-ring (bicyclic) bond motifs is 1. The molecule has 0 spiro atoms. The average Bonchev–Trinajstić information content (AvgIpc) is 3.15. The Balaban J connectivity index is 1.39. The molecular formula is C43H40N2. The van der Waals surface area contributed by atoms with Crippen LogP contribution in [0.2, 0.25) is 0 Å². The molecule has 2 nitrogen and oxygen atoms in total. The largest absolute Gasteiger partial charge is 0.228 e. The van der Waals surface area contributed by atoms with Crippen molar-refractivity contribution in [1.82, 2.24) is 9.97 Å². The van der Waals surface area contributed by atoms with E-state index in [2.05, 4.69) is 149 Å². The van der Waals surface area contributed by atoms with Crippen LogP contribution in [0.1, 0.15) is 62.1 Å². The zero-order valence-corrected chi connectivity index (χ0v) is 26.7. The normalized spacial score (nSPS) is 16.8. The second kappa shape index (κ2) is 13.3. The Morgan fingerprint density at radius 2 is 1.33 bits per heavy atom. The van der Waals surface area contributed by atoms with Gasteiger partial charge in [0.2, 0.25) is 0 Å². The van der Waals surface area contributed by atoms with E-state index >= 15 is 0 Å². The molecule has 45 heavy (non-hydrogen) atoms. The summed E-state index contributed by atoms with van der Waals surface area (Å²) in [6, 6.07) is 40.5. The maximum atomic E-state index is 5.09. The molecule has 5 aromatic rings. The number of benzene rings is 4. The molecular weight excluding hydrogens is 544 g/mol. The molecule has 0 saturated carbocycles. The summed E-state index contributed by atoms with van der Waals surface area (Å²) < 4.78 is 0. The lowest BCUT2D eigenvalue weighted by atomic mass is 9.79. The summed E-state index contributed by atoms with van der Waals surface area (Å²) in [5, 5.41) is 0. The summed E-state index contributed by atoms with van der Waals surface area (Å²) in [5.41, 5.74) is 12.8. The molecule has 0 radical (unpaired) electrons. The smallest absolute Gasteiger partial charge is 0.160 e. The lowest BCUT2D eigenvalue weighted by Crippen LogP contribution is -2.18. The molecule has 1 aliphatic rings. The van der Waals surface area contributed by atoms with E-state index in [-0.39, 0.29) is 5.41 Å². The molecule has 0 unspecified atom stereocenters. The topological polar surface area (TPSA) is 25.8 Å². The average molecular weight is 585 g/mol. The molecule has 0 atom stereocenters. The quantitative estimate of drug-likeness (QED) is 0.186. The van der Waals surface area contributed by atoms with E-state index in [9.17, 15) is 0 Å². The van der Waals surface area contributed by atoms with Gasteiger partial charge in [-0.05, 0) is 83.2 Å². The summed E-state index contributed by atoms with van der Waals surface area (Å²) in [6.07, 6.45) is 13.2. The second-order valence-electron chi connectivity index (χ2n) is 12.5. The maximum absolute atomic E-state index is 5.09. The highest BCUT2D eigenvalue weighted by molar-refractivity contribution is 5.79. The lowest BCUT2D eigenvalue weighted by molar-refractivity contribution is 0.530. The van der Waals surface area contributed by atoms with Crippen molar-refractivity contribution in [2.24, 2.45) is 0 Å². The van der Waals surface area contributed by atoms with E-state index in [1.54, 1.807) is 0 Å². The number of hydrogen-bond donors (Lipinski definition) is 0. The Hall–Kier alpha value is -5.08. The third-order valence-corrected chi connectivity index (χ3v) is 8.68. The predicted octanol–water partition coefficient (Wildman–Crippen LogP) is 11.2. The van der Waals surface area contributed by atoms with Gasteiger partial charge in [-0.1, -0.05) is 147 Å². The first-order valence-corrected chi connectivity index (χ1v) is 15.8. The molecule has 1 heterocycles. The zero-order valence-electron chi connectivity index (χ0n) is 26.7. The second-order valence-corrected chi connectivity index (χ2v) is 12.5. The van der Waals surface area contributed by atoms with Gasteiger partial charge >= 0.3 is 0 Å². The van der Waals surface area contributed by atoms with E-state index in [1.165, 1.54) is 33.4 Å². The van der Waals surface area contributed by atoms with Gasteiger partial charge in [0, 0.05) is 11.1 Å². The fourth-order valence-electron chi connectivity index (χ4n) is 5.96. The van der Waals surface area contributed by atoms with Gasteiger partial charge in [0.15, 0.2) is 5.82 Å². The van der Waals surface area contributed by atoms with Gasteiger partial charge < -0.3 is 0 Å². The van der Waals surface area contributed by atoms with E-state index in [0.29, 0.717) is 0 Å². The van der Waals surface area contributed by atoms with Crippen LogP contribution in [0.5, 0.6) is 0 Å². The highest BCUT2D eigenvalue weighted by Gasteiger charge is 2.22. The Morgan fingerprint density at radius 1 is 0.667 bits per heavy atom. The highest BCUT2D eigenvalue weighted by atomic mass is 14.9. The van der Waals surface area contributed by atoms with E-state index < -0.39 is 0 Å². The Kier molecular flexibility index (Phi) is 8.84. The summed E-state index contributed by atoms with van der Waals surface area (Å²) in [6.45, 7) is 8.95. The van der Waals surface area contributed by atoms with Gasteiger partial charge in [-0.2, -0.15) is 0 Å². The lowest BCUT2D eigenvalue weighted by Gasteiger charge is -2.26. The molecule has 0 saturated heterocycles. The summed E-state index contributed by atoms with van der Waals surface area (Å²) in [7, 11) is 0. The molecule has 4 aromatic carbocycles. The SMILES string of the molecule is C/C(=C\C=C(/C)c1cc(-c2cccc(C3=C/Cc4ccccc4C(C)(C)C/C=C\3)c2)nc(-c2ccccc2)n1)c1ccccc1. The molecule has 6 rings (SSSR count). The van der Waals surface area contributed by atoms with Crippen molar-refractivity contribution in [1.29, 1.82) is 0 Å². The first kappa shape index (κ1) is 30.0. The third-order valence-electron chi connectivity index (χ3n) is 8.68. The molecule has 0 aliphatic heterocycles. The molecule has 222 valence electrons. The minimum absolute atomic E-state index is 0.0869. The van der Waals surface area contributed by atoms with Crippen molar-refractivity contribution in [3.63, 3.8) is 0 Å². The minimum Gasteiger partial charge on any atom is -0.228 e. The Morgan fingerprint density at radius 3 is 2.13 bits per heavy atom. The molecule has 0 N–H and O–H groups in total. The first-order chi connectivity index (χ1) is 21.9. The van der Waals surface area contributed by atoms with Crippen LogP contribution in [0.15, 0.2) is 146 Å². The third kappa shape index (κ3) is 7.02. The molecule has 2 heteroatoms. The van der Waals surface area contributed by atoms with Crippen molar-refractivity contribution in [3.05, 3.63) is 174 Å². The summed E-state index contributed by atoms with van der Waals surface area (Å²) in [4.78, 5) is 10.1. The van der Waals surface area contributed by atoms with Crippen LogP contribution >= 0.6 is 0 Å². The minimum atomic E-state index is 0.0869. The predicted molar refractivity (Wildman–Crippen MR) is 192 cm³/mol. The van der Waals surface area contributed by atoms with Crippen LogP contribution in [-0.4, -0.2) is 9.97 Å². The van der Waals surface area contributed by atoms with Crippen molar-refractivity contribution in [2.45, 2.75) is 46.0 Å². The van der Waals surface area contributed by atoms with Gasteiger partial charge in [0.05, 0.1) is 11.4 Å². The first-order valence-electron chi connectivity index (χ1n) is 15.8. The van der Waals surface area contributed by atoms with E-state index in [0.717, 1.165) is 46.8 Å². The zero-order chi connectivity index (χ0) is 31.2. The molecule has 0 fully saturated rings. The van der Waals surface area contributed by atoms with Gasteiger partial charge in [-0.3, -0.25) is 0 Å². The van der Waals surface area contributed by atoms with Crippen LogP contribution in [0.25, 0.3) is 39.4 Å².